The minimum atomic E-state index is -0.229. The molecule has 1 atom stereocenters. The zero-order valence-electron chi connectivity index (χ0n) is 8.55. The molecule has 1 aliphatic heterocycles. The topological polar surface area (TPSA) is 74.0 Å². The molecule has 0 bridgehead atoms. The lowest BCUT2D eigenvalue weighted by Crippen LogP contribution is -2.30. The van der Waals surface area contributed by atoms with Crippen LogP contribution in [-0.4, -0.2) is 29.2 Å². The minimum Gasteiger partial charge on any atom is -0.357 e. The molecule has 6 heteroatoms. The number of carbonyl (C=O) groups excluding carboxylic acids is 2. The quantitative estimate of drug-likeness (QED) is 0.662. The van der Waals surface area contributed by atoms with Gasteiger partial charge in [0.1, 0.15) is 11.6 Å². The van der Waals surface area contributed by atoms with Crippen molar-refractivity contribution in [3.63, 3.8) is 0 Å². The molecule has 1 unspecified atom stereocenters. The highest BCUT2D eigenvalue weighted by Crippen LogP contribution is 2.22. The van der Waals surface area contributed by atoms with Crippen LogP contribution < -0.4 is 10.6 Å². The zero-order chi connectivity index (χ0) is 11.5. The van der Waals surface area contributed by atoms with Crippen molar-refractivity contribution in [1.82, 2.24) is 15.6 Å². The molecule has 0 fully saturated rings. The van der Waals surface area contributed by atoms with E-state index in [2.05, 4.69) is 15.6 Å². The van der Waals surface area contributed by atoms with E-state index < -0.39 is 0 Å². The maximum absolute atomic E-state index is 11.6. The average molecular weight is 242 g/mol. The fourth-order valence-electron chi connectivity index (χ4n) is 1.83. The first kappa shape index (κ1) is 11.0. The highest BCUT2D eigenvalue weighted by molar-refractivity contribution is 6.27. The standard InChI is InChI=1S/C10H12ClN3O2/c11-5-8(15)14-7-2-4-13-10(16)9-6(7)1-3-12-9/h1,3,7,12H,2,4-5H2,(H,13,16)(H,14,15). The van der Waals surface area contributed by atoms with Crippen molar-refractivity contribution in [1.29, 1.82) is 0 Å². The van der Waals surface area contributed by atoms with Crippen LogP contribution in [0.3, 0.4) is 0 Å². The summed E-state index contributed by atoms with van der Waals surface area (Å²) in [7, 11) is 0. The van der Waals surface area contributed by atoms with E-state index in [1.807, 2.05) is 0 Å². The van der Waals surface area contributed by atoms with Crippen molar-refractivity contribution in [2.24, 2.45) is 0 Å². The highest BCUT2D eigenvalue weighted by atomic mass is 35.5. The van der Waals surface area contributed by atoms with E-state index in [4.69, 9.17) is 11.6 Å². The smallest absolute Gasteiger partial charge is 0.268 e. The van der Waals surface area contributed by atoms with Crippen LogP contribution in [0.1, 0.15) is 28.5 Å². The van der Waals surface area contributed by atoms with Gasteiger partial charge in [-0.05, 0) is 12.5 Å². The summed E-state index contributed by atoms with van der Waals surface area (Å²) in [6, 6.07) is 1.64. The second-order valence-corrected chi connectivity index (χ2v) is 3.87. The number of hydrogen-bond donors (Lipinski definition) is 3. The number of nitrogens with one attached hydrogen (secondary N) is 3. The van der Waals surface area contributed by atoms with Gasteiger partial charge in [0, 0.05) is 18.3 Å². The van der Waals surface area contributed by atoms with Gasteiger partial charge in [-0.2, -0.15) is 0 Å². The van der Waals surface area contributed by atoms with E-state index >= 15 is 0 Å². The highest BCUT2D eigenvalue weighted by Gasteiger charge is 2.24. The average Bonchev–Trinajstić information content (AvgIpc) is 2.71. The number of alkyl halides is 1. The van der Waals surface area contributed by atoms with Crippen LogP contribution in [0, 0.1) is 0 Å². The van der Waals surface area contributed by atoms with Crippen molar-refractivity contribution in [3.05, 3.63) is 23.5 Å². The van der Waals surface area contributed by atoms with Gasteiger partial charge in [0.25, 0.3) is 5.91 Å². The summed E-state index contributed by atoms with van der Waals surface area (Å²) in [5.41, 5.74) is 1.32. The van der Waals surface area contributed by atoms with Crippen LogP contribution in [0.15, 0.2) is 12.3 Å². The van der Waals surface area contributed by atoms with E-state index in [0.717, 1.165) is 5.56 Å². The summed E-state index contributed by atoms with van der Waals surface area (Å²) in [6.07, 6.45) is 2.36. The van der Waals surface area contributed by atoms with Gasteiger partial charge in [-0.25, -0.2) is 0 Å². The maximum Gasteiger partial charge on any atom is 0.268 e. The van der Waals surface area contributed by atoms with E-state index in [1.165, 1.54) is 0 Å². The Bertz CT molecular complexity index is 416. The predicted molar refractivity (Wildman–Crippen MR) is 59.3 cm³/mol. The number of amides is 2. The Hall–Kier alpha value is -1.49. The van der Waals surface area contributed by atoms with Crippen LogP contribution in [0.25, 0.3) is 0 Å². The predicted octanol–water partition coefficient (Wildman–Crippen LogP) is 0.544. The molecular weight excluding hydrogens is 230 g/mol. The first-order chi connectivity index (χ1) is 7.72. The molecule has 3 N–H and O–H groups in total. The lowest BCUT2D eigenvalue weighted by molar-refractivity contribution is -0.119. The zero-order valence-corrected chi connectivity index (χ0v) is 9.30. The first-order valence-electron chi connectivity index (χ1n) is 5.03. The summed E-state index contributed by atoms with van der Waals surface area (Å²) in [4.78, 5) is 25.7. The Morgan fingerprint density at radius 1 is 1.62 bits per heavy atom. The molecule has 2 amide bonds. The van der Waals surface area contributed by atoms with Gasteiger partial charge in [-0.1, -0.05) is 0 Å². The van der Waals surface area contributed by atoms with E-state index in [9.17, 15) is 9.59 Å². The molecule has 0 saturated carbocycles. The second-order valence-electron chi connectivity index (χ2n) is 3.61. The molecule has 5 nitrogen and oxygen atoms in total. The number of hydrogen-bond acceptors (Lipinski definition) is 2. The molecule has 1 aliphatic rings. The summed E-state index contributed by atoms with van der Waals surface area (Å²) in [5.74, 6) is -0.437. The third-order valence-corrected chi connectivity index (χ3v) is 2.80. The van der Waals surface area contributed by atoms with E-state index in [1.54, 1.807) is 12.3 Å². The molecule has 0 aliphatic carbocycles. The molecule has 0 saturated heterocycles. The van der Waals surface area contributed by atoms with Crippen LogP contribution in [0.4, 0.5) is 0 Å². The Morgan fingerprint density at radius 3 is 3.19 bits per heavy atom. The number of carbonyl (C=O) groups is 2. The summed E-state index contributed by atoms with van der Waals surface area (Å²) < 4.78 is 0. The molecule has 0 aromatic carbocycles. The lowest BCUT2D eigenvalue weighted by atomic mass is 10.1. The Labute approximate surface area is 97.6 Å². The fraction of sp³-hybridized carbons (Fsp3) is 0.400. The monoisotopic (exact) mass is 241 g/mol. The van der Waals surface area contributed by atoms with Gasteiger partial charge < -0.3 is 15.6 Å². The summed E-state index contributed by atoms with van der Waals surface area (Å²) in [5, 5.41) is 5.54. The number of aromatic amines is 1. The van der Waals surface area contributed by atoms with E-state index in [0.29, 0.717) is 18.7 Å². The third kappa shape index (κ3) is 2.04. The van der Waals surface area contributed by atoms with Gasteiger partial charge in [-0.15, -0.1) is 11.6 Å². The van der Waals surface area contributed by atoms with E-state index in [-0.39, 0.29) is 23.7 Å². The minimum absolute atomic E-state index is 0.0718. The maximum atomic E-state index is 11.6. The Morgan fingerprint density at radius 2 is 2.44 bits per heavy atom. The molecule has 16 heavy (non-hydrogen) atoms. The lowest BCUT2D eigenvalue weighted by Gasteiger charge is -2.15. The number of rotatable bonds is 2. The van der Waals surface area contributed by atoms with Gasteiger partial charge in [0.05, 0.1) is 6.04 Å². The van der Waals surface area contributed by atoms with Crippen LogP contribution >= 0.6 is 11.6 Å². The first-order valence-corrected chi connectivity index (χ1v) is 5.56. The Balaban J connectivity index is 2.24. The second kappa shape index (κ2) is 4.57. The van der Waals surface area contributed by atoms with Crippen molar-refractivity contribution in [2.45, 2.75) is 12.5 Å². The van der Waals surface area contributed by atoms with Crippen molar-refractivity contribution in [3.8, 4) is 0 Å². The molecule has 86 valence electrons. The number of halogens is 1. The van der Waals surface area contributed by atoms with Gasteiger partial charge in [0.15, 0.2) is 0 Å². The Kier molecular flexibility index (Phi) is 3.14. The SMILES string of the molecule is O=C(CCl)NC1CCNC(=O)c2[nH]ccc21. The molecule has 2 heterocycles. The number of H-pyrrole nitrogens is 1. The van der Waals surface area contributed by atoms with Crippen molar-refractivity contribution < 1.29 is 9.59 Å². The van der Waals surface area contributed by atoms with Crippen LogP contribution in [-0.2, 0) is 4.79 Å². The van der Waals surface area contributed by atoms with Gasteiger partial charge >= 0.3 is 0 Å². The molecule has 1 aromatic rings. The molecule has 2 rings (SSSR count). The largest absolute Gasteiger partial charge is 0.357 e. The molecule has 0 radical (unpaired) electrons. The van der Waals surface area contributed by atoms with Crippen LogP contribution in [0.5, 0.6) is 0 Å². The summed E-state index contributed by atoms with van der Waals surface area (Å²) >= 11 is 5.44. The van der Waals surface area contributed by atoms with Crippen LogP contribution in [0.2, 0.25) is 0 Å². The molecule has 0 spiro atoms. The fourth-order valence-corrected chi connectivity index (χ4v) is 1.90. The normalized spacial score (nSPS) is 19.6. The van der Waals surface area contributed by atoms with Gasteiger partial charge in [-0.3, -0.25) is 9.59 Å². The third-order valence-electron chi connectivity index (χ3n) is 2.56. The molecular formula is C10H12ClN3O2. The van der Waals surface area contributed by atoms with Gasteiger partial charge in [0.2, 0.25) is 5.91 Å². The van der Waals surface area contributed by atoms with Crippen molar-refractivity contribution >= 4 is 23.4 Å². The number of aromatic nitrogens is 1. The van der Waals surface area contributed by atoms with Crippen molar-refractivity contribution in [2.75, 3.05) is 12.4 Å². The molecule has 1 aromatic heterocycles. The summed E-state index contributed by atoms with van der Waals surface area (Å²) in [6.45, 7) is 0.536. The number of fused-ring (bicyclic) bond motifs is 1.